The second-order valence-electron chi connectivity index (χ2n) is 8.20. The molecule has 178 valence electrons. The van der Waals surface area contributed by atoms with Crippen molar-refractivity contribution in [3.05, 3.63) is 88.7 Å². The minimum absolute atomic E-state index is 0.0307. The van der Waals surface area contributed by atoms with E-state index in [-0.39, 0.29) is 17.2 Å². The summed E-state index contributed by atoms with van der Waals surface area (Å²) in [5.74, 6) is -1.29. The third-order valence-electron chi connectivity index (χ3n) is 5.53. The lowest BCUT2D eigenvalue weighted by molar-refractivity contribution is -0.137. The molecule has 10 heteroatoms. The zero-order chi connectivity index (χ0) is 24.7. The maximum absolute atomic E-state index is 14.0. The van der Waals surface area contributed by atoms with Gasteiger partial charge in [-0.15, -0.1) is 0 Å². The second kappa shape index (κ2) is 8.84. The number of benzene rings is 3. The molecule has 0 radical (unpaired) electrons. The highest BCUT2D eigenvalue weighted by Crippen LogP contribution is 2.32. The zero-order valence-electron chi connectivity index (χ0n) is 17.9. The van der Waals surface area contributed by atoms with Crippen molar-refractivity contribution in [2.75, 3.05) is 11.6 Å². The van der Waals surface area contributed by atoms with E-state index in [4.69, 9.17) is 0 Å². The molecule has 0 aromatic heterocycles. The normalized spacial score (nSPS) is 15.7. The average molecular weight is 492 g/mol. The van der Waals surface area contributed by atoms with Crippen LogP contribution in [-0.4, -0.2) is 26.6 Å². The highest BCUT2D eigenvalue weighted by atomic mass is 32.2. The van der Waals surface area contributed by atoms with E-state index < -0.39 is 33.5 Å². The minimum atomic E-state index is -4.50. The van der Waals surface area contributed by atoms with Crippen molar-refractivity contribution in [2.45, 2.75) is 25.1 Å². The van der Waals surface area contributed by atoms with Gasteiger partial charge in [-0.25, -0.2) is 17.5 Å². The monoisotopic (exact) mass is 492 g/mol. The number of sulfonamides is 1. The molecule has 0 aliphatic heterocycles. The van der Waals surface area contributed by atoms with Gasteiger partial charge in [-0.05, 0) is 71.5 Å². The topological polar surface area (TPSA) is 75.3 Å². The van der Waals surface area contributed by atoms with E-state index >= 15 is 0 Å². The van der Waals surface area contributed by atoms with Gasteiger partial charge >= 0.3 is 6.18 Å². The van der Waals surface area contributed by atoms with Crippen molar-refractivity contribution in [3.63, 3.8) is 0 Å². The van der Waals surface area contributed by atoms with Gasteiger partial charge in [0, 0.05) is 11.7 Å². The Morgan fingerprint density at radius 3 is 2.26 bits per heavy atom. The molecule has 4 rings (SSSR count). The summed E-state index contributed by atoms with van der Waals surface area (Å²) in [5.41, 5.74) is 2.03. The Morgan fingerprint density at radius 2 is 1.62 bits per heavy atom. The molecule has 1 aliphatic carbocycles. The van der Waals surface area contributed by atoms with Crippen LogP contribution < -0.4 is 10.0 Å². The van der Waals surface area contributed by atoms with Crippen LogP contribution in [0.1, 0.15) is 27.0 Å². The largest absolute Gasteiger partial charge is 0.416 e. The molecule has 1 atom stereocenters. The number of carbonyl (C=O) groups excluding carboxylic acids is 1. The van der Waals surface area contributed by atoms with Gasteiger partial charge in [0.05, 0.1) is 17.4 Å². The molecule has 5 nitrogen and oxygen atoms in total. The number of carbonyl (C=O) groups is 1. The van der Waals surface area contributed by atoms with Gasteiger partial charge < -0.3 is 5.32 Å². The summed E-state index contributed by atoms with van der Waals surface area (Å²) in [6, 6.07) is 12.7. The van der Waals surface area contributed by atoms with Crippen LogP contribution >= 0.6 is 0 Å². The van der Waals surface area contributed by atoms with E-state index in [1.54, 1.807) is 18.2 Å². The Balaban J connectivity index is 1.57. The number of alkyl halides is 3. The zero-order valence-corrected chi connectivity index (χ0v) is 18.7. The number of rotatable bonds is 5. The van der Waals surface area contributed by atoms with Gasteiger partial charge in [-0.3, -0.25) is 4.79 Å². The second-order valence-corrected chi connectivity index (χ2v) is 9.98. The smallest absolute Gasteiger partial charge is 0.322 e. The molecule has 0 saturated carbocycles. The van der Waals surface area contributed by atoms with Crippen molar-refractivity contribution in [1.29, 1.82) is 0 Å². The van der Waals surface area contributed by atoms with Crippen molar-refractivity contribution in [2.24, 2.45) is 0 Å². The van der Waals surface area contributed by atoms with Crippen molar-refractivity contribution in [1.82, 2.24) is 4.72 Å². The van der Waals surface area contributed by atoms with E-state index in [1.807, 2.05) is 0 Å². The maximum atomic E-state index is 14.0. The predicted octanol–water partition coefficient (Wildman–Crippen LogP) is 4.78. The Labute approximate surface area is 193 Å². The third-order valence-corrected chi connectivity index (χ3v) is 6.29. The lowest BCUT2D eigenvalue weighted by Gasteiger charge is -2.13. The van der Waals surface area contributed by atoms with Crippen molar-refractivity contribution >= 4 is 21.6 Å². The predicted molar refractivity (Wildman–Crippen MR) is 120 cm³/mol. The molecule has 0 fully saturated rings. The Morgan fingerprint density at radius 1 is 0.941 bits per heavy atom. The molecule has 0 spiro atoms. The fourth-order valence-corrected chi connectivity index (χ4v) is 4.85. The van der Waals surface area contributed by atoms with E-state index in [0.717, 1.165) is 41.6 Å². The van der Waals surface area contributed by atoms with Gasteiger partial charge in [0.2, 0.25) is 10.0 Å². The number of halogens is 4. The first-order chi connectivity index (χ1) is 15.9. The van der Waals surface area contributed by atoms with Crippen molar-refractivity contribution in [3.8, 4) is 11.1 Å². The minimum Gasteiger partial charge on any atom is -0.322 e. The fraction of sp³-hybridized carbons (Fsp3) is 0.208. The lowest BCUT2D eigenvalue weighted by Crippen LogP contribution is -2.34. The molecular formula is C24H20F4N2O3S. The summed E-state index contributed by atoms with van der Waals surface area (Å²) in [6.07, 6.45) is -2.42. The highest BCUT2D eigenvalue weighted by molar-refractivity contribution is 7.88. The van der Waals surface area contributed by atoms with Gasteiger partial charge in [-0.1, -0.05) is 24.3 Å². The molecule has 34 heavy (non-hydrogen) atoms. The Hall–Kier alpha value is -3.24. The standard InChI is InChI=1S/C24H20F4N2O3S/c1-34(32,33)30-20-10-15-4-8-19(11-16(15)12-20)29-23(31)22-13-18(25)7-9-21(22)14-2-5-17(6-3-14)24(26,27)28/h2-9,11,13,20,30H,10,12H2,1H3,(H,29,31)/t20-/m0/s1. The molecule has 2 N–H and O–H groups in total. The molecule has 3 aromatic rings. The summed E-state index contributed by atoms with van der Waals surface area (Å²) in [4.78, 5) is 13.0. The summed E-state index contributed by atoms with van der Waals surface area (Å²) in [5, 5.41) is 2.70. The van der Waals surface area contributed by atoms with Crippen LogP contribution in [-0.2, 0) is 29.0 Å². The number of nitrogens with one attached hydrogen (secondary N) is 2. The average Bonchev–Trinajstić information content (AvgIpc) is 3.12. The first-order valence-corrected chi connectivity index (χ1v) is 12.2. The number of hydrogen-bond acceptors (Lipinski definition) is 3. The molecule has 1 amide bonds. The SMILES string of the molecule is CS(=O)(=O)N[C@H]1Cc2ccc(NC(=O)c3cc(F)ccc3-c3ccc(C(F)(F)F)cc3)cc2C1. The van der Waals surface area contributed by atoms with Crippen LogP contribution in [0, 0.1) is 5.82 Å². The van der Waals surface area contributed by atoms with E-state index in [1.165, 1.54) is 18.2 Å². The molecule has 0 unspecified atom stereocenters. The lowest BCUT2D eigenvalue weighted by atomic mass is 9.97. The highest BCUT2D eigenvalue weighted by Gasteiger charge is 2.30. The van der Waals surface area contributed by atoms with Crippen LogP contribution in [0.2, 0.25) is 0 Å². The van der Waals surface area contributed by atoms with Crippen LogP contribution in [0.5, 0.6) is 0 Å². The van der Waals surface area contributed by atoms with Gasteiger partial charge in [0.15, 0.2) is 0 Å². The van der Waals surface area contributed by atoms with Crippen LogP contribution in [0.25, 0.3) is 11.1 Å². The number of fused-ring (bicyclic) bond motifs is 1. The quantitative estimate of drug-likeness (QED) is 0.504. The maximum Gasteiger partial charge on any atom is 0.416 e. The molecule has 3 aromatic carbocycles. The van der Waals surface area contributed by atoms with Gasteiger partial charge in [0.1, 0.15) is 5.82 Å². The van der Waals surface area contributed by atoms with Gasteiger partial charge in [0.25, 0.3) is 5.91 Å². The molecule has 1 aliphatic rings. The van der Waals surface area contributed by atoms with Gasteiger partial charge in [-0.2, -0.15) is 13.2 Å². The van der Waals surface area contributed by atoms with E-state index in [9.17, 15) is 30.8 Å². The van der Waals surface area contributed by atoms with Crippen molar-refractivity contribution < 1.29 is 30.8 Å². The first kappa shape index (κ1) is 23.9. The third kappa shape index (κ3) is 5.45. The molecule has 0 bridgehead atoms. The summed E-state index contributed by atoms with van der Waals surface area (Å²) in [6.45, 7) is 0. The Bertz CT molecular complexity index is 1350. The molecular weight excluding hydrogens is 472 g/mol. The molecule has 0 heterocycles. The summed E-state index contributed by atoms with van der Waals surface area (Å²) < 4.78 is 78.2. The van der Waals surface area contributed by atoms with Crippen LogP contribution in [0.4, 0.5) is 23.2 Å². The molecule has 0 saturated heterocycles. The summed E-state index contributed by atoms with van der Waals surface area (Å²) >= 11 is 0. The first-order valence-electron chi connectivity index (χ1n) is 10.3. The Kier molecular flexibility index (Phi) is 6.22. The number of amides is 1. The summed E-state index contributed by atoms with van der Waals surface area (Å²) in [7, 11) is -3.35. The number of anilines is 1. The van der Waals surface area contributed by atoms with Crippen LogP contribution in [0.3, 0.4) is 0 Å². The number of hydrogen-bond donors (Lipinski definition) is 2. The van der Waals surface area contributed by atoms with E-state index in [2.05, 4.69) is 10.0 Å². The fourth-order valence-electron chi connectivity index (χ4n) is 4.08. The van der Waals surface area contributed by atoms with Crippen LogP contribution in [0.15, 0.2) is 60.7 Å². The van der Waals surface area contributed by atoms with E-state index in [0.29, 0.717) is 24.1 Å².